The van der Waals surface area contributed by atoms with E-state index in [1.54, 1.807) is 0 Å². The molecule has 2 aliphatic rings. The van der Waals surface area contributed by atoms with E-state index in [9.17, 15) is 0 Å². The summed E-state index contributed by atoms with van der Waals surface area (Å²) in [6.45, 7) is 13.8. The Kier molecular flexibility index (Phi) is 6.31. The molecule has 0 radical (unpaired) electrons. The highest BCUT2D eigenvalue weighted by Crippen LogP contribution is 2.53. The summed E-state index contributed by atoms with van der Waals surface area (Å²) in [5.41, 5.74) is 17.7. The van der Waals surface area contributed by atoms with Crippen LogP contribution in [0, 0.1) is 13.8 Å². The topological polar surface area (TPSA) is 6.48 Å². The molecule has 6 aromatic rings. The molecule has 0 spiro atoms. The predicted molar refractivity (Wildman–Crippen MR) is 195 cm³/mol. The number of rotatable bonds is 3. The smallest absolute Gasteiger partial charge is 0.0502 e. The zero-order valence-electron chi connectivity index (χ0n) is 27.6. The van der Waals surface area contributed by atoms with Gasteiger partial charge in [0.1, 0.15) is 0 Å². The van der Waals surface area contributed by atoms with Crippen molar-refractivity contribution in [3.8, 4) is 11.1 Å². The van der Waals surface area contributed by atoms with E-state index < -0.39 is 0 Å². The molecule has 8 rings (SSSR count). The molecule has 0 saturated heterocycles. The van der Waals surface area contributed by atoms with Gasteiger partial charge in [-0.2, -0.15) is 0 Å². The molecule has 46 heavy (non-hydrogen) atoms. The van der Waals surface area contributed by atoms with Crippen molar-refractivity contribution in [3.05, 3.63) is 167 Å². The van der Waals surface area contributed by atoms with Crippen molar-refractivity contribution in [2.75, 3.05) is 9.80 Å². The van der Waals surface area contributed by atoms with Crippen LogP contribution in [0.25, 0.3) is 11.1 Å². The monoisotopic (exact) mass is 596 g/mol. The molecule has 6 aromatic carbocycles. The van der Waals surface area contributed by atoms with Crippen LogP contribution >= 0.6 is 0 Å². The van der Waals surface area contributed by atoms with E-state index in [0.717, 1.165) is 0 Å². The van der Waals surface area contributed by atoms with E-state index in [1.165, 1.54) is 78.6 Å². The van der Waals surface area contributed by atoms with Crippen molar-refractivity contribution in [1.82, 2.24) is 0 Å². The summed E-state index contributed by atoms with van der Waals surface area (Å²) in [6, 6.07) is 49.4. The molecule has 0 fully saturated rings. The molecule has 226 valence electrons. The molecule has 0 unspecified atom stereocenters. The van der Waals surface area contributed by atoms with Crippen LogP contribution in [0.15, 0.2) is 133 Å². The van der Waals surface area contributed by atoms with Gasteiger partial charge in [0.25, 0.3) is 0 Å². The minimum Gasteiger partial charge on any atom is -0.310 e. The first-order valence-electron chi connectivity index (χ1n) is 16.4. The SMILES string of the molecule is Cc1cc(N2c3ccccc3C(C)(C)c3ccccc32)ccc1-c1ccc(N2c3ccccc3C(C)(C)c3ccccc32)cc1C. The van der Waals surface area contributed by atoms with Crippen LogP contribution in [0.5, 0.6) is 0 Å². The van der Waals surface area contributed by atoms with E-state index in [0.29, 0.717) is 0 Å². The molecule has 2 heterocycles. The average molecular weight is 597 g/mol. The van der Waals surface area contributed by atoms with E-state index in [1.807, 2.05) is 0 Å². The van der Waals surface area contributed by atoms with Crippen LogP contribution in [0.2, 0.25) is 0 Å². The minimum absolute atomic E-state index is 0.0668. The van der Waals surface area contributed by atoms with Crippen molar-refractivity contribution >= 4 is 34.1 Å². The quantitative estimate of drug-likeness (QED) is 0.200. The lowest BCUT2D eigenvalue weighted by molar-refractivity contribution is 0.631. The molecule has 2 heteroatoms. The van der Waals surface area contributed by atoms with Gasteiger partial charge in [-0.15, -0.1) is 0 Å². The Hall–Kier alpha value is -5.08. The molecule has 0 aromatic heterocycles. The third-order valence-corrected chi connectivity index (χ3v) is 10.5. The van der Waals surface area contributed by atoms with Crippen molar-refractivity contribution in [1.29, 1.82) is 0 Å². The molecule has 0 amide bonds. The lowest BCUT2D eigenvalue weighted by Gasteiger charge is -2.42. The van der Waals surface area contributed by atoms with Gasteiger partial charge in [-0.05, 0) is 107 Å². The van der Waals surface area contributed by atoms with Crippen molar-refractivity contribution in [3.63, 3.8) is 0 Å². The number of nitrogens with zero attached hydrogens (tertiary/aromatic N) is 2. The summed E-state index contributed by atoms with van der Waals surface area (Å²) in [6.07, 6.45) is 0. The van der Waals surface area contributed by atoms with Gasteiger partial charge < -0.3 is 9.80 Å². The first-order valence-corrected chi connectivity index (χ1v) is 16.4. The molecule has 0 N–H and O–H groups in total. The van der Waals surface area contributed by atoms with Crippen molar-refractivity contribution in [2.24, 2.45) is 0 Å². The fourth-order valence-corrected chi connectivity index (χ4v) is 8.07. The number of benzene rings is 6. The van der Waals surface area contributed by atoms with Gasteiger partial charge in [-0.1, -0.05) is 113 Å². The highest BCUT2D eigenvalue weighted by atomic mass is 15.2. The number of anilines is 6. The summed E-state index contributed by atoms with van der Waals surface area (Å²) < 4.78 is 0. The Bertz CT molecular complexity index is 1900. The average Bonchev–Trinajstić information content (AvgIpc) is 3.06. The normalized spacial score (nSPS) is 15.4. The minimum atomic E-state index is -0.0668. The highest BCUT2D eigenvalue weighted by molar-refractivity contribution is 5.89. The van der Waals surface area contributed by atoms with E-state index in [4.69, 9.17) is 0 Å². The number of fused-ring (bicyclic) bond motifs is 4. The van der Waals surface area contributed by atoms with Gasteiger partial charge in [0.2, 0.25) is 0 Å². The molecule has 2 aliphatic heterocycles. The first kappa shape index (κ1) is 28.4. The Balaban J connectivity index is 1.20. The number of hydrogen-bond acceptors (Lipinski definition) is 2. The van der Waals surface area contributed by atoms with E-state index in [-0.39, 0.29) is 10.8 Å². The molecule has 2 nitrogen and oxygen atoms in total. The van der Waals surface area contributed by atoms with Gasteiger partial charge in [0, 0.05) is 22.2 Å². The fraction of sp³-hybridized carbons (Fsp3) is 0.182. The van der Waals surface area contributed by atoms with E-state index in [2.05, 4.69) is 185 Å². The van der Waals surface area contributed by atoms with Gasteiger partial charge >= 0.3 is 0 Å². The lowest BCUT2D eigenvalue weighted by Crippen LogP contribution is -2.30. The van der Waals surface area contributed by atoms with Gasteiger partial charge in [-0.3, -0.25) is 0 Å². The number of hydrogen-bond donors (Lipinski definition) is 0. The molecule has 0 aliphatic carbocycles. The summed E-state index contributed by atoms with van der Waals surface area (Å²) in [4.78, 5) is 4.88. The molecular weight excluding hydrogens is 556 g/mol. The summed E-state index contributed by atoms with van der Waals surface area (Å²) >= 11 is 0. The fourth-order valence-electron chi connectivity index (χ4n) is 8.07. The zero-order chi connectivity index (χ0) is 31.8. The third-order valence-electron chi connectivity index (χ3n) is 10.5. The second kappa shape index (κ2) is 10.2. The summed E-state index contributed by atoms with van der Waals surface area (Å²) in [7, 11) is 0. The third kappa shape index (κ3) is 4.09. The zero-order valence-corrected chi connectivity index (χ0v) is 27.6. The molecule has 0 atom stereocenters. The summed E-state index contributed by atoms with van der Waals surface area (Å²) in [5, 5.41) is 0. The standard InChI is InChI=1S/C44H40N2/c1-29-27-31(45-39-19-11-7-15-35(39)43(3,4)36-16-8-12-20-40(36)45)23-25-33(29)34-26-24-32(28-30(34)2)46-41-21-13-9-17-37(41)44(5,6)38-18-10-14-22-42(38)46/h7-28H,1-6H3. The second-order valence-electron chi connectivity index (χ2n) is 14.0. The van der Waals surface area contributed by atoms with Gasteiger partial charge in [-0.25, -0.2) is 0 Å². The second-order valence-corrected chi connectivity index (χ2v) is 14.0. The van der Waals surface area contributed by atoms with Crippen LogP contribution in [-0.4, -0.2) is 0 Å². The number of para-hydroxylation sites is 4. The van der Waals surface area contributed by atoms with Crippen LogP contribution in [-0.2, 0) is 10.8 Å². The molecule has 0 saturated carbocycles. The predicted octanol–water partition coefficient (Wildman–Crippen LogP) is 12.2. The van der Waals surface area contributed by atoms with E-state index >= 15 is 0 Å². The van der Waals surface area contributed by atoms with Crippen molar-refractivity contribution < 1.29 is 0 Å². The highest BCUT2D eigenvalue weighted by Gasteiger charge is 2.38. The Morgan fingerprint density at radius 3 is 0.935 bits per heavy atom. The van der Waals surface area contributed by atoms with Crippen molar-refractivity contribution in [2.45, 2.75) is 52.4 Å². The lowest BCUT2D eigenvalue weighted by atomic mass is 9.73. The van der Waals surface area contributed by atoms with Gasteiger partial charge in [0.15, 0.2) is 0 Å². The maximum atomic E-state index is 2.44. The van der Waals surface area contributed by atoms with Crippen LogP contribution in [0.4, 0.5) is 34.1 Å². The maximum absolute atomic E-state index is 2.44. The van der Waals surface area contributed by atoms with Crippen LogP contribution < -0.4 is 9.80 Å². The molecular formula is C44H40N2. The largest absolute Gasteiger partial charge is 0.310 e. The van der Waals surface area contributed by atoms with Crippen LogP contribution in [0.3, 0.4) is 0 Å². The first-order chi connectivity index (χ1) is 22.2. The van der Waals surface area contributed by atoms with Gasteiger partial charge in [0.05, 0.1) is 22.7 Å². The Morgan fingerprint density at radius 1 is 0.370 bits per heavy atom. The number of aryl methyl sites for hydroxylation is 2. The molecule has 0 bridgehead atoms. The van der Waals surface area contributed by atoms with Crippen LogP contribution in [0.1, 0.15) is 61.1 Å². The summed E-state index contributed by atoms with van der Waals surface area (Å²) in [5.74, 6) is 0. The Labute approximate surface area is 273 Å². The Morgan fingerprint density at radius 2 is 0.652 bits per heavy atom. The maximum Gasteiger partial charge on any atom is 0.0502 e.